The molecule has 5 nitrogen and oxygen atoms in total. The topological polar surface area (TPSA) is 64.0 Å². The van der Waals surface area contributed by atoms with Crippen LogP contribution >= 0.6 is 11.3 Å². The molecule has 136 valence electrons. The zero-order chi connectivity index (χ0) is 18.7. The van der Waals surface area contributed by atoms with Crippen molar-refractivity contribution in [1.82, 2.24) is 9.55 Å². The van der Waals surface area contributed by atoms with E-state index in [4.69, 9.17) is 0 Å². The van der Waals surface area contributed by atoms with Crippen molar-refractivity contribution >= 4 is 33.1 Å². The number of rotatable bonds is 6. The van der Waals surface area contributed by atoms with Gasteiger partial charge in [-0.3, -0.25) is 14.2 Å². The smallest absolute Gasteiger partial charge is 0.262 e. The molecule has 26 heavy (non-hydrogen) atoms. The predicted molar refractivity (Wildman–Crippen MR) is 107 cm³/mol. The van der Waals surface area contributed by atoms with Gasteiger partial charge < -0.3 is 5.32 Å². The number of aromatic nitrogens is 2. The Labute approximate surface area is 156 Å². The first-order chi connectivity index (χ1) is 12.5. The summed E-state index contributed by atoms with van der Waals surface area (Å²) in [5.74, 6) is -0.237. The second-order valence-electron chi connectivity index (χ2n) is 6.49. The van der Waals surface area contributed by atoms with Crippen LogP contribution in [0.1, 0.15) is 35.8 Å². The van der Waals surface area contributed by atoms with Crippen LogP contribution in [0.4, 0.5) is 5.69 Å². The highest BCUT2D eigenvalue weighted by molar-refractivity contribution is 7.18. The van der Waals surface area contributed by atoms with Crippen LogP contribution in [0.15, 0.2) is 35.4 Å². The molecular formula is C20H23N3O2S. The van der Waals surface area contributed by atoms with E-state index in [1.54, 1.807) is 0 Å². The largest absolute Gasteiger partial charge is 0.325 e. The van der Waals surface area contributed by atoms with E-state index in [2.05, 4.69) is 17.2 Å². The summed E-state index contributed by atoms with van der Waals surface area (Å²) in [6.07, 6.45) is 4.82. The number of nitrogens with zero attached hydrogens (tertiary/aromatic N) is 2. The number of hydrogen-bond acceptors (Lipinski definition) is 4. The summed E-state index contributed by atoms with van der Waals surface area (Å²) < 4.78 is 1.37. The fourth-order valence-corrected chi connectivity index (χ4v) is 3.86. The lowest BCUT2D eigenvalue weighted by atomic mass is 10.1. The van der Waals surface area contributed by atoms with E-state index >= 15 is 0 Å². The van der Waals surface area contributed by atoms with Gasteiger partial charge >= 0.3 is 0 Å². The zero-order valence-corrected chi connectivity index (χ0v) is 16.2. The molecule has 1 N–H and O–H groups in total. The minimum atomic E-state index is -0.237. The molecule has 6 heteroatoms. The second kappa shape index (κ2) is 7.83. The molecule has 0 bridgehead atoms. The molecule has 1 amide bonds. The van der Waals surface area contributed by atoms with Gasteiger partial charge in [-0.05, 0) is 49.9 Å². The van der Waals surface area contributed by atoms with E-state index in [1.807, 2.05) is 38.1 Å². The fraction of sp³-hybridized carbons (Fsp3) is 0.350. The maximum atomic E-state index is 12.6. The normalized spacial score (nSPS) is 11.0. The number of benzene rings is 1. The van der Waals surface area contributed by atoms with Gasteiger partial charge in [-0.1, -0.05) is 25.5 Å². The molecule has 0 spiro atoms. The monoisotopic (exact) mass is 369 g/mol. The molecule has 0 saturated heterocycles. The van der Waals surface area contributed by atoms with Gasteiger partial charge in [0.15, 0.2) is 0 Å². The van der Waals surface area contributed by atoms with Crippen molar-refractivity contribution < 1.29 is 4.79 Å². The van der Waals surface area contributed by atoms with Gasteiger partial charge in [0.05, 0.1) is 11.7 Å². The zero-order valence-electron chi connectivity index (χ0n) is 15.3. The lowest BCUT2D eigenvalue weighted by Crippen LogP contribution is -2.27. The average molecular weight is 369 g/mol. The number of carbonyl (C=O) groups is 1. The van der Waals surface area contributed by atoms with Crippen LogP contribution in [0.3, 0.4) is 0 Å². The molecule has 3 rings (SSSR count). The summed E-state index contributed by atoms with van der Waals surface area (Å²) in [6, 6.07) is 7.87. The van der Waals surface area contributed by atoms with Gasteiger partial charge in [-0.15, -0.1) is 11.3 Å². The Morgan fingerprint density at radius 2 is 1.96 bits per heavy atom. The van der Waals surface area contributed by atoms with Crippen LogP contribution in [0.2, 0.25) is 0 Å². The van der Waals surface area contributed by atoms with E-state index < -0.39 is 0 Å². The standard InChI is InChI=1S/C20H23N3O2S/c1-4-5-6-15-7-9-16(10-8-15)22-17(24)11-23-12-21-19-18(20(23)25)13(2)14(3)26-19/h7-10,12H,4-6,11H2,1-3H3,(H,22,24). The molecule has 1 aromatic carbocycles. The Balaban J connectivity index is 1.72. The van der Waals surface area contributed by atoms with Crippen molar-refractivity contribution in [2.75, 3.05) is 5.32 Å². The van der Waals surface area contributed by atoms with Crippen molar-refractivity contribution in [2.24, 2.45) is 0 Å². The Kier molecular flexibility index (Phi) is 5.52. The van der Waals surface area contributed by atoms with Crippen molar-refractivity contribution in [3.05, 3.63) is 57.0 Å². The van der Waals surface area contributed by atoms with E-state index in [9.17, 15) is 9.59 Å². The van der Waals surface area contributed by atoms with E-state index in [1.165, 1.54) is 27.8 Å². The number of thiophene rings is 1. The molecule has 0 radical (unpaired) electrons. The minimum Gasteiger partial charge on any atom is -0.325 e. The molecule has 2 heterocycles. The van der Waals surface area contributed by atoms with Crippen LogP contribution in [-0.2, 0) is 17.8 Å². The summed E-state index contributed by atoms with van der Waals surface area (Å²) in [5, 5.41) is 3.46. The van der Waals surface area contributed by atoms with Crippen molar-refractivity contribution in [1.29, 1.82) is 0 Å². The van der Waals surface area contributed by atoms with Gasteiger partial charge in [0.2, 0.25) is 5.91 Å². The first-order valence-corrected chi connectivity index (χ1v) is 9.65. The molecule has 0 unspecified atom stereocenters. The molecule has 0 aliphatic carbocycles. The molecule has 0 fully saturated rings. The number of carbonyl (C=O) groups excluding carboxylic acids is 1. The minimum absolute atomic E-state index is 0.0479. The molecule has 0 aliphatic rings. The van der Waals surface area contributed by atoms with Crippen molar-refractivity contribution in [3.63, 3.8) is 0 Å². The molecule has 0 saturated carbocycles. The third-order valence-electron chi connectivity index (χ3n) is 4.53. The Hall–Kier alpha value is -2.47. The van der Waals surface area contributed by atoms with Gasteiger partial charge in [-0.2, -0.15) is 0 Å². The van der Waals surface area contributed by atoms with E-state index in [0.717, 1.165) is 40.2 Å². The van der Waals surface area contributed by atoms with Crippen LogP contribution in [0.5, 0.6) is 0 Å². The molecular weight excluding hydrogens is 346 g/mol. The number of aryl methyl sites for hydroxylation is 3. The highest BCUT2D eigenvalue weighted by atomic mass is 32.1. The number of fused-ring (bicyclic) bond motifs is 1. The predicted octanol–water partition coefficient (Wildman–Crippen LogP) is 4.06. The summed E-state index contributed by atoms with van der Waals surface area (Å²) in [4.78, 5) is 31.1. The highest BCUT2D eigenvalue weighted by Gasteiger charge is 2.13. The molecule has 0 aliphatic heterocycles. The summed E-state index contributed by atoms with van der Waals surface area (Å²) >= 11 is 1.50. The van der Waals surface area contributed by atoms with Gasteiger partial charge in [0.1, 0.15) is 11.4 Å². The summed E-state index contributed by atoms with van der Waals surface area (Å²) in [5.41, 5.74) is 2.78. The lowest BCUT2D eigenvalue weighted by Gasteiger charge is -2.08. The summed E-state index contributed by atoms with van der Waals surface area (Å²) in [7, 11) is 0. The van der Waals surface area contributed by atoms with Crippen LogP contribution in [0, 0.1) is 13.8 Å². The van der Waals surface area contributed by atoms with Gasteiger partial charge in [-0.25, -0.2) is 4.98 Å². The Morgan fingerprint density at radius 1 is 1.23 bits per heavy atom. The maximum Gasteiger partial charge on any atom is 0.262 e. The fourth-order valence-electron chi connectivity index (χ4n) is 2.87. The number of hydrogen-bond donors (Lipinski definition) is 1. The number of amides is 1. The molecule has 3 aromatic rings. The quantitative estimate of drug-likeness (QED) is 0.713. The number of unbranched alkanes of at least 4 members (excludes halogenated alkanes) is 1. The maximum absolute atomic E-state index is 12.6. The first-order valence-electron chi connectivity index (χ1n) is 8.83. The third-order valence-corrected chi connectivity index (χ3v) is 5.64. The van der Waals surface area contributed by atoms with E-state index in [-0.39, 0.29) is 18.0 Å². The van der Waals surface area contributed by atoms with Crippen molar-refractivity contribution in [3.8, 4) is 0 Å². The van der Waals surface area contributed by atoms with Crippen LogP contribution in [0.25, 0.3) is 10.2 Å². The average Bonchev–Trinajstić information content (AvgIpc) is 2.92. The van der Waals surface area contributed by atoms with Crippen LogP contribution in [-0.4, -0.2) is 15.5 Å². The van der Waals surface area contributed by atoms with E-state index in [0.29, 0.717) is 5.39 Å². The molecule has 2 aromatic heterocycles. The third kappa shape index (κ3) is 3.85. The van der Waals surface area contributed by atoms with Crippen LogP contribution < -0.4 is 10.9 Å². The second-order valence-corrected chi connectivity index (χ2v) is 7.69. The van der Waals surface area contributed by atoms with Crippen molar-refractivity contribution in [2.45, 2.75) is 46.6 Å². The Bertz CT molecular complexity index is 987. The number of anilines is 1. The van der Waals surface area contributed by atoms with Gasteiger partial charge in [0.25, 0.3) is 5.56 Å². The summed E-state index contributed by atoms with van der Waals surface area (Å²) in [6.45, 7) is 6.01. The first kappa shape index (κ1) is 18.3. The molecule has 0 atom stereocenters. The van der Waals surface area contributed by atoms with Gasteiger partial charge in [0, 0.05) is 10.6 Å². The Morgan fingerprint density at radius 3 is 2.65 bits per heavy atom. The SMILES string of the molecule is CCCCc1ccc(NC(=O)Cn2cnc3sc(C)c(C)c3c2=O)cc1. The number of nitrogens with one attached hydrogen (secondary N) is 1. The lowest BCUT2D eigenvalue weighted by molar-refractivity contribution is -0.116. The highest BCUT2D eigenvalue weighted by Crippen LogP contribution is 2.25.